The second kappa shape index (κ2) is 10.3. The molecule has 0 saturated carbocycles. The molecule has 0 radical (unpaired) electrons. The molecule has 1 amide bonds. The van der Waals surface area contributed by atoms with Gasteiger partial charge in [0, 0.05) is 50.7 Å². The Bertz CT molecular complexity index is 847. The number of benzene rings is 1. The molecule has 3 heterocycles. The summed E-state index contributed by atoms with van der Waals surface area (Å²) < 4.78 is 6.46. The van der Waals surface area contributed by atoms with Crippen LogP contribution in [0.4, 0.5) is 0 Å². The van der Waals surface area contributed by atoms with Crippen LogP contribution in [0, 0.1) is 0 Å². The summed E-state index contributed by atoms with van der Waals surface area (Å²) in [7, 11) is 0. The number of aromatic nitrogens is 1. The van der Waals surface area contributed by atoms with Crippen molar-refractivity contribution < 1.29 is 9.53 Å². The number of pyridine rings is 1. The first-order valence-electron chi connectivity index (χ1n) is 11.8. The average Bonchev–Trinajstić information content (AvgIpc) is 3.24. The van der Waals surface area contributed by atoms with Gasteiger partial charge in [0.2, 0.25) is 5.91 Å². The van der Waals surface area contributed by atoms with Crippen LogP contribution in [-0.2, 0) is 11.2 Å². The van der Waals surface area contributed by atoms with Crippen LogP contribution in [0.3, 0.4) is 0 Å². The van der Waals surface area contributed by atoms with Crippen LogP contribution in [0.1, 0.15) is 57.4 Å². The van der Waals surface area contributed by atoms with E-state index in [-0.39, 0.29) is 6.10 Å². The van der Waals surface area contributed by atoms with Crippen molar-refractivity contribution in [3.63, 3.8) is 0 Å². The fraction of sp³-hybridized carbons (Fsp3) is 0.600. The average molecular weight is 410 g/mol. The smallest absolute Gasteiger partial charge is 0.223 e. The summed E-state index contributed by atoms with van der Waals surface area (Å²) in [6.45, 7) is 6.84. The molecule has 0 bridgehead atoms. The Morgan fingerprint density at radius 2 is 2.07 bits per heavy atom. The Kier molecular flexibility index (Phi) is 7.21. The molecular formula is C25H35N3O2. The molecule has 0 N–H and O–H groups in total. The quantitative estimate of drug-likeness (QED) is 0.647. The number of nitrogens with zero attached hydrogens (tertiary/aromatic N) is 3. The minimum absolute atomic E-state index is 0.168. The van der Waals surface area contributed by atoms with E-state index in [0.29, 0.717) is 12.3 Å². The van der Waals surface area contributed by atoms with Gasteiger partial charge in [0.25, 0.3) is 0 Å². The second-order valence-electron chi connectivity index (χ2n) is 8.79. The van der Waals surface area contributed by atoms with E-state index in [1.807, 2.05) is 17.2 Å². The lowest BCUT2D eigenvalue weighted by atomic mass is 10.0. The predicted molar refractivity (Wildman–Crippen MR) is 121 cm³/mol. The van der Waals surface area contributed by atoms with Crippen LogP contribution < -0.4 is 4.74 Å². The zero-order valence-electron chi connectivity index (χ0n) is 18.3. The monoisotopic (exact) mass is 409 g/mol. The summed E-state index contributed by atoms with van der Waals surface area (Å²) in [4.78, 5) is 21.5. The van der Waals surface area contributed by atoms with E-state index in [1.54, 1.807) is 0 Å². The summed E-state index contributed by atoms with van der Waals surface area (Å²) >= 11 is 0. The number of rotatable bonds is 8. The van der Waals surface area contributed by atoms with Crippen LogP contribution >= 0.6 is 0 Å². The van der Waals surface area contributed by atoms with Crippen LogP contribution in [0.25, 0.3) is 10.9 Å². The Morgan fingerprint density at radius 1 is 1.20 bits per heavy atom. The third-order valence-electron chi connectivity index (χ3n) is 6.42. The van der Waals surface area contributed by atoms with Crippen LogP contribution in [0.2, 0.25) is 0 Å². The maximum atomic E-state index is 12.5. The molecule has 0 spiro atoms. The van der Waals surface area contributed by atoms with Gasteiger partial charge < -0.3 is 9.64 Å². The van der Waals surface area contributed by atoms with Gasteiger partial charge in [-0.3, -0.25) is 14.7 Å². The molecule has 2 aromatic rings. The van der Waals surface area contributed by atoms with Crippen molar-refractivity contribution in [2.75, 3.05) is 32.7 Å². The molecule has 4 rings (SSSR count). The molecule has 5 nitrogen and oxygen atoms in total. The number of amides is 1. The molecule has 0 aliphatic carbocycles. The number of carbonyl (C=O) groups is 1. The molecule has 1 aromatic carbocycles. The molecule has 2 fully saturated rings. The van der Waals surface area contributed by atoms with Gasteiger partial charge in [-0.15, -0.1) is 0 Å². The van der Waals surface area contributed by atoms with Gasteiger partial charge in [-0.25, -0.2) is 0 Å². The molecule has 162 valence electrons. The number of hydrogen-bond acceptors (Lipinski definition) is 4. The third-order valence-corrected chi connectivity index (χ3v) is 6.42. The number of unbranched alkanes of at least 4 members (excludes halogenated alkanes) is 1. The first-order chi connectivity index (χ1) is 14.7. The SMILES string of the molecule is CCCCc1cc(O[C@@H]2CCN(CCC(=O)N3CCCCC3)C2)c2ncccc2c1. The number of hydrogen-bond donors (Lipinski definition) is 0. The molecular weight excluding hydrogens is 374 g/mol. The minimum atomic E-state index is 0.168. The van der Waals surface area contributed by atoms with E-state index < -0.39 is 0 Å². The number of piperidine rings is 1. The molecule has 30 heavy (non-hydrogen) atoms. The van der Waals surface area contributed by atoms with E-state index in [1.165, 1.54) is 24.8 Å². The van der Waals surface area contributed by atoms with Gasteiger partial charge in [0.05, 0.1) is 0 Å². The van der Waals surface area contributed by atoms with E-state index >= 15 is 0 Å². The zero-order chi connectivity index (χ0) is 20.8. The lowest BCUT2D eigenvalue weighted by molar-refractivity contribution is -0.132. The largest absolute Gasteiger partial charge is 0.487 e. The molecule has 1 atom stereocenters. The van der Waals surface area contributed by atoms with Gasteiger partial charge in [0.1, 0.15) is 17.4 Å². The number of aryl methyl sites for hydroxylation is 1. The van der Waals surface area contributed by atoms with E-state index in [9.17, 15) is 4.79 Å². The van der Waals surface area contributed by atoms with E-state index in [0.717, 1.165) is 75.1 Å². The van der Waals surface area contributed by atoms with E-state index in [4.69, 9.17) is 4.74 Å². The van der Waals surface area contributed by atoms with Gasteiger partial charge in [-0.1, -0.05) is 19.4 Å². The Hall–Kier alpha value is -2.14. The molecule has 1 aromatic heterocycles. The van der Waals surface area contributed by atoms with Gasteiger partial charge in [-0.05, 0) is 62.3 Å². The van der Waals surface area contributed by atoms with Crippen LogP contribution in [0.15, 0.2) is 30.5 Å². The second-order valence-corrected chi connectivity index (χ2v) is 8.79. The van der Waals surface area contributed by atoms with Crippen molar-refractivity contribution in [2.45, 2.75) is 64.4 Å². The maximum Gasteiger partial charge on any atom is 0.223 e. The Balaban J connectivity index is 1.34. The summed E-state index contributed by atoms with van der Waals surface area (Å²) in [5.41, 5.74) is 2.28. The predicted octanol–water partition coefficient (Wildman–Crippen LogP) is 4.43. The Morgan fingerprint density at radius 3 is 2.90 bits per heavy atom. The molecule has 5 heteroatoms. The number of fused-ring (bicyclic) bond motifs is 1. The highest BCUT2D eigenvalue weighted by Crippen LogP contribution is 2.29. The maximum absolute atomic E-state index is 12.5. The lowest BCUT2D eigenvalue weighted by Gasteiger charge is -2.27. The van der Waals surface area contributed by atoms with Gasteiger partial charge in [0.15, 0.2) is 0 Å². The zero-order valence-corrected chi connectivity index (χ0v) is 18.3. The normalized spacial score (nSPS) is 20.0. The first kappa shape index (κ1) is 21.1. The highest BCUT2D eigenvalue weighted by molar-refractivity contribution is 5.85. The Labute approximate surface area is 180 Å². The topological polar surface area (TPSA) is 45.7 Å². The fourth-order valence-corrected chi connectivity index (χ4v) is 4.66. The summed E-state index contributed by atoms with van der Waals surface area (Å²) in [6.07, 6.45) is 10.7. The van der Waals surface area contributed by atoms with Crippen molar-refractivity contribution >= 4 is 16.8 Å². The summed E-state index contributed by atoms with van der Waals surface area (Å²) in [6, 6.07) is 8.55. The van der Waals surface area contributed by atoms with E-state index in [2.05, 4.69) is 35.0 Å². The molecule has 0 unspecified atom stereocenters. The number of likely N-dealkylation sites (tertiary alicyclic amines) is 2. The van der Waals surface area contributed by atoms with Crippen molar-refractivity contribution in [3.8, 4) is 5.75 Å². The summed E-state index contributed by atoms with van der Waals surface area (Å²) in [5.74, 6) is 1.23. The number of carbonyl (C=O) groups excluding carboxylic acids is 1. The first-order valence-corrected chi connectivity index (χ1v) is 11.8. The van der Waals surface area contributed by atoms with Gasteiger partial charge in [-0.2, -0.15) is 0 Å². The molecule has 2 saturated heterocycles. The van der Waals surface area contributed by atoms with Crippen molar-refractivity contribution in [3.05, 3.63) is 36.0 Å². The van der Waals surface area contributed by atoms with Crippen LogP contribution in [-0.4, -0.2) is 59.5 Å². The van der Waals surface area contributed by atoms with Crippen LogP contribution in [0.5, 0.6) is 5.75 Å². The van der Waals surface area contributed by atoms with Crippen molar-refractivity contribution in [1.29, 1.82) is 0 Å². The molecule has 2 aliphatic rings. The third kappa shape index (κ3) is 5.31. The minimum Gasteiger partial charge on any atom is -0.487 e. The van der Waals surface area contributed by atoms with Crippen molar-refractivity contribution in [1.82, 2.24) is 14.8 Å². The lowest BCUT2D eigenvalue weighted by Crippen LogP contribution is -2.37. The number of ether oxygens (including phenoxy) is 1. The fourth-order valence-electron chi connectivity index (χ4n) is 4.66. The highest BCUT2D eigenvalue weighted by atomic mass is 16.5. The highest BCUT2D eigenvalue weighted by Gasteiger charge is 2.26. The standard InChI is InChI=1S/C25H35N3O2/c1-2-3-8-20-17-21-9-7-12-26-25(21)23(18-20)30-22-10-15-27(19-22)16-11-24(29)28-13-5-4-6-14-28/h7,9,12,17-18,22H,2-6,8,10-11,13-16,19H2,1H3/t22-/m1/s1. The van der Waals surface area contributed by atoms with Crippen molar-refractivity contribution in [2.24, 2.45) is 0 Å². The summed E-state index contributed by atoms with van der Waals surface area (Å²) in [5, 5.41) is 1.16. The van der Waals surface area contributed by atoms with Gasteiger partial charge >= 0.3 is 0 Å². The molecule has 2 aliphatic heterocycles.